The predicted molar refractivity (Wildman–Crippen MR) is 178 cm³/mol. The molecule has 0 saturated carbocycles. The van der Waals surface area contributed by atoms with Gasteiger partial charge in [-0.3, -0.25) is 9.69 Å². The van der Waals surface area contributed by atoms with E-state index in [1.54, 1.807) is 13.0 Å². The van der Waals surface area contributed by atoms with E-state index in [0.717, 1.165) is 16.7 Å². The van der Waals surface area contributed by atoms with Gasteiger partial charge in [0.15, 0.2) is 6.29 Å². The predicted octanol–water partition coefficient (Wildman–Crippen LogP) is 6.50. The van der Waals surface area contributed by atoms with Crippen LogP contribution in [0.5, 0.6) is 0 Å². The van der Waals surface area contributed by atoms with Crippen molar-refractivity contribution in [2.45, 2.75) is 51.9 Å². The lowest BCUT2D eigenvalue weighted by molar-refractivity contribution is -0.276. The lowest BCUT2D eigenvalue weighted by Gasteiger charge is -2.43. The molecule has 0 spiro atoms. The van der Waals surface area contributed by atoms with Gasteiger partial charge in [-0.1, -0.05) is 79.7 Å². The number of nitrogens with zero attached hydrogens (tertiary/aromatic N) is 1. The summed E-state index contributed by atoms with van der Waals surface area (Å²) in [5, 5.41) is 17.3. The highest BCUT2D eigenvalue weighted by atomic mass is 16.7. The van der Waals surface area contributed by atoms with Crippen LogP contribution >= 0.6 is 0 Å². The molecule has 0 radical (unpaired) electrons. The molecule has 1 aliphatic heterocycles. The molecule has 1 heterocycles. The van der Waals surface area contributed by atoms with E-state index in [-0.39, 0.29) is 43.9 Å². The number of benzene rings is 4. The Balaban J connectivity index is 1.35. The van der Waals surface area contributed by atoms with Crippen molar-refractivity contribution in [1.29, 1.82) is 0 Å². The Bertz CT molecular complexity index is 1630. The molecule has 3 N–H and O–H groups in total. The number of nitrogens with one attached hydrogen (secondary N) is 2. The minimum absolute atomic E-state index is 0.0115. The number of likely N-dealkylation sites (N-methyl/N-ethyl adjacent to an activating group) is 1. The standard InChI is InChI=1S/C37H43N3O6/c1-5-44-34(42)21-38-37(43)39-32-12-8-11-31(20-32)36-45-33(24(2)35(46-36)28-15-13-26(23-41)14-16-28)22-40(4)25(3)29-18-17-27-9-6-7-10-30(27)19-29/h6-20,24-25,33,35-36,41H,5,21-23H2,1-4H3,(H2,38,39,43)/t24-,25+,33+,35+,36+/m0/s1. The number of rotatable bonds is 11. The number of amides is 2. The largest absolute Gasteiger partial charge is 0.465 e. The van der Waals surface area contributed by atoms with Gasteiger partial charge in [0.05, 0.1) is 25.4 Å². The fraction of sp³-hybridized carbons (Fsp3) is 0.351. The third-order valence-corrected chi connectivity index (χ3v) is 8.62. The number of aliphatic hydroxyl groups is 1. The van der Waals surface area contributed by atoms with Crippen LogP contribution in [0.3, 0.4) is 0 Å². The molecule has 1 fully saturated rings. The number of esters is 1. The summed E-state index contributed by atoms with van der Waals surface area (Å²) in [6.07, 6.45) is -1.15. The summed E-state index contributed by atoms with van der Waals surface area (Å²) in [5.74, 6) is -0.494. The summed E-state index contributed by atoms with van der Waals surface area (Å²) in [4.78, 5) is 26.4. The Morgan fingerprint density at radius 1 is 0.935 bits per heavy atom. The maximum atomic E-state index is 12.5. The lowest BCUT2D eigenvalue weighted by atomic mass is 9.89. The Labute approximate surface area is 270 Å². The molecule has 0 aliphatic carbocycles. The molecular weight excluding hydrogens is 582 g/mol. The monoisotopic (exact) mass is 625 g/mol. The van der Waals surface area contributed by atoms with Gasteiger partial charge in [0.2, 0.25) is 0 Å². The fourth-order valence-corrected chi connectivity index (χ4v) is 5.79. The van der Waals surface area contributed by atoms with Crippen LogP contribution in [-0.2, 0) is 25.6 Å². The van der Waals surface area contributed by atoms with Crippen LogP contribution < -0.4 is 10.6 Å². The molecular formula is C37H43N3O6. The van der Waals surface area contributed by atoms with Crippen LogP contribution in [0.15, 0.2) is 91.0 Å². The van der Waals surface area contributed by atoms with Gasteiger partial charge in [0, 0.05) is 29.8 Å². The van der Waals surface area contributed by atoms with Crippen molar-refractivity contribution in [3.63, 3.8) is 0 Å². The number of anilines is 1. The van der Waals surface area contributed by atoms with E-state index in [4.69, 9.17) is 14.2 Å². The van der Waals surface area contributed by atoms with Gasteiger partial charge in [0.1, 0.15) is 6.54 Å². The van der Waals surface area contributed by atoms with Crippen molar-refractivity contribution in [2.24, 2.45) is 5.92 Å². The molecule has 4 aromatic rings. The minimum atomic E-state index is -0.697. The number of fused-ring (bicyclic) bond motifs is 1. The highest BCUT2D eigenvalue weighted by molar-refractivity contribution is 5.91. The highest BCUT2D eigenvalue weighted by Crippen LogP contribution is 2.42. The van der Waals surface area contributed by atoms with Crippen LogP contribution in [0.4, 0.5) is 10.5 Å². The maximum absolute atomic E-state index is 12.5. The third kappa shape index (κ3) is 8.10. The zero-order valence-electron chi connectivity index (χ0n) is 26.8. The van der Waals surface area contributed by atoms with Crippen molar-refractivity contribution < 1.29 is 28.9 Å². The Morgan fingerprint density at radius 3 is 2.43 bits per heavy atom. The maximum Gasteiger partial charge on any atom is 0.325 e. The molecule has 0 unspecified atom stereocenters. The van der Waals surface area contributed by atoms with E-state index in [1.807, 2.05) is 42.5 Å². The molecule has 0 aromatic heterocycles. The van der Waals surface area contributed by atoms with Gasteiger partial charge in [-0.15, -0.1) is 0 Å². The van der Waals surface area contributed by atoms with Gasteiger partial charge >= 0.3 is 12.0 Å². The number of hydrogen-bond donors (Lipinski definition) is 3. The first kappa shape index (κ1) is 33.1. The fourth-order valence-electron chi connectivity index (χ4n) is 5.79. The average molecular weight is 626 g/mol. The van der Waals surface area contributed by atoms with Gasteiger partial charge in [0.25, 0.3) is 0 Å². The van der Waals surface area contributed by atoms with Crippen LogP contribution in [0.25, 0.3) is 10.8 Å². The zero-order chi connectivity index (χ0) is 32.6. The molecule has 1 saturated heterocycles. The Hall–Kier alpha value is -4.28. The third-order valence-electron chi connectivity index (χ3n) is 8.62. The van der Waals surface area contributed by atoms with Crippen molar-refractivity contribution in [3.8, 4) is 0 Å². The van der Waals surface area contributed by atoms with Crippen LogP contribution in [0.2, 0.25) is 0 Å². The average Bonchev–Trinajstić information content (AvgIpc) is 3.08. The normalized spacial score (nSPS) is 20.3. The number of carbonyl (C=O) groups is 2. The second kappa shape index (κ2) is 15.3. The van der Waals surface area contributed by atoms with Gasteiger partial charge in [-0.05, 0) is 66.6 Å². The molecule has 4 aromatic carbocycles. The molecule has 5 atom stereocenters. The highest BCUT2D eigenvalue weighted by Gasteiger charge is 2.39. The SMILES string of the molecule is CCOC(=O)CNC(=O)Nc1cccc([C@@H]2O[C@H](CN(C)[C@H](C)c3ccc4ccccc4c3)[C@H](C)[C@H](c3ccc(CO)cc3)O2)c1. The topological polar surface area (TPSA) is 109 Å². The Kier molecular flexibility index (Phi) is 11.0. The van der Waals surface area contributed by atoms with Gasteiger partial charge < -0.3 is 30.0 Å². The molecule has 5 rings (SSSR count). The molecule has 0 bridgehead atoms. The van der Waals surface area contributed by atoms with Crippen molar-refractivity contribution in [1.82, 2.24) is 10.2 Å². The molecule has 9 nitrogen and oxygen atoms in total. The molecule has 2 amide bonds. The zero-order valence-corrected chi connectivity index (χ0v) is 26.8. The Morgan fingerprint density at radius 2 is 1.70 bits per heavy atom. The lowest BCUT2D eigenvalue weighted by Crippen LogP contribution is -2.44. The smallest absolute Gasteiger partial charge is 0.325 e. The van der Waals surface area contributed by atoms with E-state index in [0.29, 0.717) is 12.2 Å². The minimum Gasteiger partial charge on any atom is -0.465 e. The number of aliphatic hydroxyl groups excluding tert-OH is 1. The molecule has 1 aliphatic rings. The van der Waals surface area contributed by atoms with E-state index in [9.17, 15) is 14.7 Å². The number of urea groups is 1. The van der Waals surface area contributed by atoms with E-state index in [1.165, 1.54) is 16.3 Å². The van der Waals surface area contributed by atoms with Crippen molar-refractivity contribution in [3.05, 3.63) is 113 Å². The van der Waals surface area contributed by atoms with Crippen LogP contribution in [0.1, 0.15) is 61.5 Å². The summed E-state index contributed by atoms with van der Waals surface area (Å²) in [6.45, 7) is 6.72. The summed E-state index contributed by atoms with van der Waals surface area (Å²) in [6, 6.07) is 29.8. The van der Waals surface area contributed by atoms with Gasteiger partial charge in [-0.2, -0.15) is 0 Å². The first-order valence-corrected chi connectivity index (χ1v) is 15.8. The molecule has 46 heavy (non-hydrogen) atoms. The number of hydrogen-bond acceptors (Lipinski definition) is 7. The van der Waals surface area contributed by atoms with Crippen LogP contribution in [0, 0.1) is 5.92 Å². The first-order chi connectivity index (χ1) is 22.2. The second-order valence-electron chi connectivity index (χ2n) is 11.8. The van der Waals surface area contributed by atoms with E-state index < -0.39 is 18.3 Å². The summed E-state index contributed by atoms with van der Waals surface area (Å²) >= 11 is 0. The van der Waals surface area contributed by atoms with E-state index >= 15 is 0 Å². The van der Waals surface area contributed by atoms with E-state index in [2.05, 4.69) is 78.9 Å². The quantitative estimate of drug-likeness (QED) is 0.163. The summed E-state index contributed by atoms with van der Waals surface area (Å²) < 4.78 is 18.2. The van der Waals surface area contributed by atoms with Gasteiger partial charge in [-0.25, -0.2) is 4.79 Å². The molecule has 9 heteroatoms. The number of carbonyl (C=O) groups excluding carboxylic acids is 2. The summed E-state index contributed by atoms with van der Waals surface area (Å²) in [5.41, 5.74) is 4.35. The second-order valence-corrected chi connectivity index (χ2v) is 11.8. The number of ether oxygens (including phenoxy) is 3. The first-order valence-electron chi connectivity index (χ1n) is 15.8. The van der Waals surface area contributed by atoms with Crippen molar-refractivity contribution >= 4 is 28.5 Å². The van der Waals surface area contributed by atoms with Crippen LogP contribution in [-0.4, -0.2) is 54.9 Å². The van der Waals surface area contributed by atoms with Crippen molar-refractivity contribution in [2.75, 3.05) is 32.1 Å². The summed E-state index contributed by atoms with van der Waals surface area (Å²) in [7, 11) is 2.12. The molecule has 242 valence electrons.